The van der Waals surface area contributed by atoms with Crippen LogP contribution in [0.25, 0.3) is 0 Å². The van der Waals surface area contributed by atoms with Crippen molar-refractivity contribution in [2.75, 3.05) is 19.8 Å². The van der Waals surface area contributed by atoms with Crippen molar-refractivity contribution in [1.82, 2.24) is 0 Å². The third-order valence-corrected chi connectivity index (χ3v) is 7.49. The number of hydrogen-bond donors (Lipinski definition) is 4. The fourth-order valence-corrected chi connectivity index (χ4v) is 4.62. The highest BCUT2D eigenvalue weighted by atomic mass is 16.7. The molecule has 0 aromatic heterocycles. The Labute approximate surface area is 305 Å². The Morgan fingerprint density at radius 3 is 1.47 bits per heavy atom. The van der Waals surface area contributed by atoms with Crippen molar-refractivity contribution in [3.8, 4) is 0 Å². The van der Waals surface area contributed by atoms with Gasteiger partial charge in [0.05, 0.1) is 13.2 Å². The zero-order chi connectivity index (χ0) is 37.4. The maximum atomic E-state index is 12.6. The zero-order valence-corrected chi connectivity index (χ0v) is 30.5. The van der Waals surface area contributed by atoms with E-state index in [1.165, 1.54) is 0 Å². The quantitative estimate of drug-likeness (QED) is 0.0554. The van der Waals surface area contributed by atoms with Gasteiger partial charge in [0.1, 0.15) is 31.0 Å². The number of aliphatic hydroxyl groups is 4. The molecule has 51 heavy (non-hydrogen) atoms. The van der Waals surface area contributed by atoms with E-state index in [0.29, 0.717) is 12.8 Å². The maximum absolute atomic E-state index is 12.6. The molecule has 4 N–H and O–H groups in total. The van der Waals surface area contributed by atoms with Gasteiger partial charge < -0.3 is 39.4 Å². The van der Waals surface area contributed by atoms with Gasteiger partial charge in [-0.05, 0) is 64.2 Å². The largest absolute Gasteiger partial charge is 0.462 e. The van der Waals surface area contributed by atoms with Gasteiger partial charge in [0.15, 0.2) is 12.4 Å². The van der Waals surface area contributed by atoms with Crippen LogP contribution in [0.5, 0.6) is 0 Å². The van der Waals surface area contributed by atoms with E-state index < -0.39 is 55.4 Å². The number of carbonyl (C=O) groups is 2. The molecular formula is C41H62O10. The van der Waals surface area contributed by atoms with E-state index >= 15 is 0 Å². The molecule has 0 saturated carbocycles. The zero-order valence-electron chi connectivity index (χ0n) is 30.5. The van der Waals surface area contributed by atoms with Crippen molar-refractivity contribution in [2.45, 2.75) is 128 Å². The predicted molar refractivity (Wildman–Crippen MR) is 200 cm³/mol. The van der Waals surface area contributed by atoms with E-state index in [9.17, 15) is 30.0 Å². The van der Waals surface area contributed by atoms with E-state index in [1.807, 2.05) is 24.3 Å². The van der Waals surface area contributed by atoms with Crippen LogP contribution in [0.2, 0.25) is 0 Å². The van der Waals surface area contributed by atoms with Gasteiger partial charge in [0.2, 0.25) is 0 Å². The lowest BCUT2D eigenvalue weighted by Crippen LogP contribution is -2.59. The first-order valence-corrected chi connectivity index (χ1v) is 18.3. The van der Waals surface area contributed by atoms with Crippen LogP contribution in [-0.4, -0.2) is 89.0 Å². The molecule has 0 aromatic rings. The highest BCUT2D eigenvalue weighted by Crippen LogP contribution is 2.22. The van der Waals surface area contributed by atoms with Crippen LogP contribution in [0.4, 0.5) is 0 Å². The molecule has 1 aliphatic rings. The second kappa shape index (κ2) is 31.4. The molecule has 10 heteroatoms. The van der Waals surface area contributed by atoms with Crippen molar-refractivity contribution < 1.29 is 49.0 Å². The molecule has 1 fully saturated rings. The van der Waals surface area contributed by atoms with Crippen molar-refractivity contribution in [3.05, 3.63) is 97.2 Å². The Bertz CT molecular complexity index is 1150. The molecule has 0 radical (unpaired) electrons. The molecular weight excluding hydrogens is 652 g/mol. The fraction of sp³-hybridized carbons (Fsp3) is 0.561. The Hall–Kier alpha value is -3.38. The van der Waals surface area contributed by atoms with Gasteiger partial charge in [-0.1, -0.05) is 111 Å². The van der Waals surface area contributed by atoms with Crippen molar-refractivity contribution >= 4 is 11.9 Å². The van der Waals surface area contributed by atoms with Gasteiger partial charge in [-0.2, -0.15) is 0 Å². The average molecular weight is 715 g/mol. The van der Waals surface area contributed by atoms with Crippen LogP contribution in [0, 0.1) is 0 Å². The molecule has 10 nitrogen and oxygen atoms in total. The van der Waals surface area contributed by atoms with E-state index in [1.54, 1.807) is 0 Å². The molecule has 0 aliphatic carbocycles. The standard InChI is InChI=1S/C41H62O10/c1-3-5-7-9-11-13-15-17-19-21-23-25-27-29-36(43)48-32-34(33-49-41-40(47)39(46)38(45)35(31-42)51-41)50-37(44)30-28-26-24-22-20-18-16-14-12-10-8-6-4-2/h5-8,11-14,17-20,23-26,34-35,38-42,45-47H,3-4,9-10,15-16,21-22,27-33H2,1-2H3/b7-5-,8-6-,13-11-,14-12-,19-17-,20-18-,25-23-,26-24-. The van der Waals surface area contributed by atoms with Gasteiger partial charge in [-0.25, -0.2) is 0 Å². The Morgan fingerprint density at radius 1 is 0.588 bits per heavy atom. The molecule has 0 aromatic carbocycles. The summed E-state index contributed by atoms with van der Waals surface area (Å²) in [5.74, 6) is -1.01. The van der Waals surface area contributed by atoms with Gasteiger partial charge in [0, 0.05) is 12.8 Å². The molecule has 286 valence electrons. The normalized spacial score (nSPS) is 22.4. The molecule has 6 unspecified atom stereocenters. The van der Waals surface area contributed by atoms with Gasteiger partial charge in [-0.15, -0.1) is 0 Å². The number of aliphatic hydroxyl groups excluding tert-OH is 4. The lowest BCUT2D eigenvalue weighted by molar-refractivity contribution is -0.305. The van der Waals surface area contributed by atoms with Crippen LogP contribution < -0.4 is 0 Å². The summed E-state index contributed by atoms with van der Waals surface area (Å²) in [5, 5.41) is 39.8. The number of rotatable bonds is 27. The summed E-state index contributed by atoms with van der Waals surface area (Å²) in [5.41, 5.74) is 0. The summed E-state index contributed by atoms with van der Waals surface area (Å²) in [6.45, 7) is 2.98. The topological polar surface area (TPSA) is 152 Å². The third-order valence-electron chi connectivity index (χ3n) is 7.49. The van der Waals surface area contributed by atoms with E-state index in [4.69, 9.17) is 18.9 Å². The summed E-state index contributed by atoms with van der Waals surface area (Å²) in [6.07, 6.45) is 33.1. The molecule has 1 aliphatic heterocycles. The Morgan fingerprint density at radius 2 is 1.02 bits per heavy atom. The Balaban J connectivity index is 2.54. The van der Waals surface area contributed by atoms with Gasteiger partial charge in [0.25, 0.3) is 0 Å². The SMILES string of the molecule is CC/C=C\C/C=C\C/C=C\C/C=C\CCC(=O)OCC(COC1OC(CO)C(O)C(O)C1O)OC(=O)CC/C=C\C/C=C\C/C=C\C/C=C\CC. The monoisotopic (exact) mass is 714 g/mol. The van der Waals surface area contributed by atoms with Crippen molar-refractivity contribution in [1.29, 1.82) is 0 Å². The number of hydrogen-bond acceptors (Lipinski definition) is 10. The number of carbonyl (C=O) groups excluding carboxylic acids is 2. The lowest BCUT2D eigenvalue weighted by Gasteiger charge is -2.39. The number of ether oxygens (including phenoxy) is 4. The van der Waals surface area contributed by atoms with Crippen LogP contribution >= 0.6 is 0 Å². The predicted octanol–water partition coefficient (Wildman–Crippen LogP) is 6.43. The molecule has 1 rings (SSSR count). The second-order valence-electron chi connectivity index (χ2n) is 11.9. The van der Waals surface area contributed by atoms with Crippen LogP contribution in [-0.2, 0) is 28.5 Å². The smallest absolute Gasteiger partial charge is 0.306 e. The fourth-order valence-electron chi connectivity index (χ4n) is 4.62. The van der Waals surface area contributed by atoms with Crippen molar-refractivity contribution in [3.63, 3.8) is 0 Å². The summed E-state index contributed by atoms with van der Waals surface area (Å²) >= 11 is 0. The van der Waals surface area contributed by atoms with Gasteiger partial charge >= 0.3 is 11.9 Å². The molecule has 0 spiro atoms. The molecule has 1 heterocycles. The lowest BCUT2D eigenvalue weighted by atomic mass is 9.99. The first-order chi connectivity index (χ1) is 24.8. The maximum Gasteiger partial charge on any atom is 0.306 e. The molecule has 0 amide bonds. The van der Waals surface area contributed by atoms with E-state index in [0.717, 1.165) is 51.4 Å². The average Bonchev–Trinajstić information content (AvgIpc) is 3.13. The minimum Gasteiger partial charge on any atom is -0.462 e. The van der Waals surface area contributed by atoms with Crippen LogP contribution in [0.15, 0.2) is 97.2 Å². The Kier molecular flexibility index (Phi) is 28.1. The second-order valence-corrected chi connectivity index (χ2v) is 11.9. The number of esters is 2. The number of allylic oxidation sites excluding steroid dienone is 16. The summed E-state index contributed by atoms with van der Waals surface area (Å²) in [7, 11) is 0. The molecule has 0 bridgehead atoms. The minimum absolute atomic E-state index is 0.0879. The summed E-state index contributed by atoms with van der Waals surface area (Å²) in [6, 6.07) is 0. The van der Waals surface area contributed by atoms with E-state index in [-0.39, 0.29) is 26.1 Å². The van der Waals surface area contributed by atoms with Gasteiger partial charge in [-0.3, -0.25) is 9.59 Å². The summed E-state index contributed by atoms with van der Waals surface area (Å²) in [4.78, 5) is 25.1. The first kappa shape index (κ1) is 45.6. The highest BCUT2D eigenvalue weighted by molar-refractivity contribution is 5.70. The molecule has 6 atom stereocenters. The highest BCUT2D eigenvalue weighted by Gasteiger charge is 2.44. The third kappa shape index (κ3) is 23.7. The first-order valence-electron chi connectivity index (χ1n) is 18.3. The van der Waals surface area contributed by atoms with E-state index in [2.05, 4.69) is 86.8 Å². The molecule has 1 saturated heterocycles. The summed E-state index contributed by atoms with van der Waals surface area (Å²) < 4.78 is 21.8. The minimum atomic E-state index is -1.62. The van der Waals surface area contributed by atoms with Crippen molar-refractivity contribution in [2.24, 2.45) is 0 Å². The van der Waals surface area contributed by atoms with Crippen LogP contribution in [0.1, 0.15) is 90.9 Å². The van der Waals surface area contributed by atoms with Crippen LogP contribution in [0.3, 0.4) is 0 Å².